The van der Waals surface area contributed by atoms with Gasteiger partial charge in [-0.15, -0.1) is 0 Å². The molecule has 4 amide bonds. The first kappa shape index (κ1) is 47.8. The van der Waals surface area contributed by atoms with Gasteiger partial charge in [-0.2, -0.15) is 0 Å². The van der Waals surface area contributed by atoms with E-state index in [1.165, 1.54) is 18.2 Å². The van der Waals surface area contributed by atoms with E-state index in [9.17, 15) is 28.8 Å². The lowest BCUT2D eigenvalue weighted by atomic mass is 10.0. The lowest BCUT2D eigenvalue weighted by molar-refractivity contribution is -0.158. The summed E-state index contributed by atoms with van der Waals surface area (Å²) in [4.78, 5) is 85.2. The van der Waals surface area contributed by atoms with Gasteiger partial charge in [0.05, 0.1) is 16.5 Å². The van der Waals surface area contributed by atoms with Gasteiger partial charge in [0.15, 0.2) is 0 Å². The van der Waals surface area contributed by atoms with Gasteiger partial charge in [-0.05, 0) is 76.4 Å². The van der Waals surface area contributed by atoms with Crippen LogP contribution in [0.1, 0.15) is 64.7 Å². The molecule has 0 fully saturated rings. The second-order valence-electron chi connectivity index (χ2n) is 16.3. The number of carbonyl (C=O) groups is 6. The summed E-state index contributed by atoms with van der Waals surface area (Å²) in [6.45, 7) is 13.4. The number of carbonyl (C=O) groups excluding carboxylic acids is 6. The number of hydrogen-bond donors (Lipinski definition) is 5. The van der Waals surface area contributed by atoms with E-state index < -0.39 is 77.5 Å². The van der Waals surface area contributed by atoms with E-state index in [1.807, 2.05) is 54.6 Å². The Hall–Kier alpha value is -5.86. The van der Waals surface area contributed by atoms with E-state index >= 15 is 0 Å². The smallest absolute Gasteiger partial charge is 0.408 e. The van der Waals surface area contributed by atoms with Gasteiger partial charge in [0.25, 0.3) is 0 Å². The van der Waals surface area contributed by atoms with Crippen molar-refractivity contribution in [2.45, 2.75) is 103 Å². The van der Waals surface area contributed by atoms with E-state index in [4.69, 9.17) is 37.4 Å². The Labute approximate surface area is 365 Å². The summed E-state index contributed by atoms with van der Waals surface area (Å²) in [7, 11) is 0. The number of benzene rings is 3. The van der Waals surface area contributed by atoms with Crippen LogP contribution in [0.15, 0.2) is 91.6 Å². The summed E-state index contributed by atoms with van der Waals surface area (Å²) < 4.78 is 16.3. The van der Waals surface area contributed by atoms with Gasteiger partial charge in [-0.1, -0.05) is 90.5 Å². The Balaban J connectivity index is 1.63. The van der Waals surface area contributed by atoms with Crippen LogP contribution in [-0.4, -0.2) is 82.7 Å². The number of aromatic amines is 1. The number of nitrogens with one attached hydrogen (secondary N) is 5. The predicted octanol–water partition coefficient (Wildman–Crippen LogP) is 6.31. The summed E-state index contributed by atoms with van der Waals surface area (Å²) >= 11 is 12.3. The average Bonchev–Trinajstić information content (AvgIpc) is 3.58. The first-order chi connectivity index (χ1) is 28.7. The predicted molar refractivity (Wildman–Crippen MR) is 233 cm³/mol. The van der Waals surface area contributed by atoms with E-state index in [0.29, 0.717) is 11.1 Å². The number of H-pyrrole nitrogens is 1. The number of ether oxygens (including phenoxy) is 3. The fraction of sp³-hybridized carbons (Fsp3) is 0.378. The number of halogens is 2. The molecule has 0 aliphatic carbocycles. The van der Waals surface area contributed by atoms with Crippen molar-refractivity contribution in [1.29, 1.82) is 0 Å². The van der Waals surface area contributed by atoms with Crippen LogP contribution in [0.25, 0.3) is 10.9 Å². The maximum absolute atomic E-state index is 14.3. The van der Waals surface area contributed by atoms with Crippen molar-refractivity contribution >= 4 is 69.9 Å². The first-order valence-corrected chi connectivity index (χ1v) is 20.4. The Bertz CT molecular complexity index is 2200. The number of aromatic nitrogens is 1. The first-order valence-electron chi connectivity index (χ1n) is 19.6. The van der Waals surface area contributed by atoms with Crippen molar-refractivity contribution in [3.05, 3.63) is 118 Å². The average molecular weight is 879 g/mol. The molecule has 3 aromatic carbocycles. The van der Waals surface area contributed by atoms with Crippen molar-refractivity contribution in [2.75, 3.05) is 6.61 Å². The van der Waals surface area contributed by atoms with Crippen molar-refractivity contribution in [1.82, 2.24) is 26.3 Å². The molecule has 5 N–H and O–H groups in total. The minimum Gasteiger partial charge on any atom is -0.460 e. The van der Waals surface area contributed by atoms with Crippen LogP contribution >= 0.6 is 23.2 Å². The number of esters is 2. The minimum absolute atomic E-state index is 0.0303. The van der Waals surface area contributed by atoms with Gasteiger partial charge in [-0.3, -0.25) is 14.4 Å². The molecule has 61 heavy (non-hydrogen) atoms. The molecule has 0 bridgehead atoms. The molecular weight excluding hydrogens is 825 g/mol. The summed E-state index contributed by atoms with van der Waals surface area (Å²) in [5.41, 5.74) is 0.970. The third-order valence-electron chi connectivity index (χ3n) is 8.81. The van der Waals surface area contributed by atoms with E-state index in [0.717, 1.165) is 16.5 Å². The summed E-state index contributed by atoms with van der Waals surface area (Å²) in [5, 5.41) is 11.9. The highest BCUT2D eigenvalue weighted by Gasteiger charge is 2.34. The van der Waals surface area contributed by atoms with E-state index in [1.54, 1.807) is 53.8 Å². The fourth-order valence-electron chi connectivity index (χ4n) is 6.13. The van der Waals surface area contributed by atoms with Crippen molar-refractivity contribution in [3.8, 4) is 0 Å². The SMILES string of the molecule is C=CCOC(=O)[C@H](CC(=O)N[C@@H](Cc1c[nH]c2ccccc12)C(=O)N[C@@H](Cc1ccccc1)C(=O)OC(C)(C)C)NC(=O)[C@H](Cc1ccc(Cl)c(Cl)c1)NC(=O)OC(C)(C)C. The summed E-state index contributed by atoms with van der Waals surface area (Å²) in [5.74, 6) is -4.05. The second kappa shape index (κ2) is 21.6. The maximum atomic E-state index is 14.3. The molecule has 0 aliphatic heterocycles. The Morgan fingerprint density at radius 2 is 1.28 bits per heavy atom. The largest absolute Gasteiger partial charge is 0.460 e. The monoisotopic (exact) mass is 877 g/mol. The van der Waals surface area contributed by atoms with Crippen LogP contribution in [0.3, 0.4) is 0 Å². The van der Waals surface area contributed by atoms with Gasteiger partial charge >= 0.3 is 18.0 Å². The number of alkyl carbamates (subject to hydrolysis) is 1. The van der Waals surface area contributed by atoms with Crippen LogP contribution in [0.2, 0.25) is 10.0 Å². The number of hydrogen-bond acceptors (Lipinski definition) is 9. The Kier molecular flexibility index (Phi) is 16.9. The zero-order chi connectivity index (χ0) is 44.9. The molecule has 14 nitrogen and oxygen atoms in total. The molecular formula is C45H53Cl2N5O9. The number of amides is 4. The molecule has 16 heteroatoms. The maximum Gasteiger partial charge on any atom is 0.408 e. The molecule has 0 radical (unpaired) electrons. The van der Waals surface area contributed by atoms with Crippen molar-refractivity contribution < 1.29 is 43.0 Å². The molecule has 0 unspecified atom stereocenters. The lowest BCUT2D eigenvalue weighted by Gasteiger charge is -2.27. The topological polar surface area (TPSA) is 194 Å². The molecule has 4 aromatic rings. The molecule has 0 spiro atoms. The molecule has 0 saturated heterocycles. The Morgan fingerprint density at radius 1 is 0.672 bits per heavy atom. The highest BCUT2D eigenvalue weighted by Crippen LogP contribution is 2.24. The highest BCUT2D eigenvalue weighted by atomic mass is 35.5. The number of para-hydroxylation sites is 1. The second-order valence-corrected chi connectivity index (χ2v) is 17.1. The summed E-state index contributed by atoms with van der Waals surface area (Å²) in [6, 6.07) is 15.8. The molecule has 4 atom stereocenters. The zero-order valence-corrected chi connectivity index (χ0v) is 36.6. The normalized spacial score (nSPS) is 13.4. The minimum atomic E-state index is -1.60. The van der Waals surface area contributed by atoms with Gasteiger partial charge in [0.1, 0.15) is 42.0 Å². The zero-order valence-electron chi connectivity index (χ0n) is 35.1. The summed E-state index contributed by atoms with van der Waals surface area (Å²) in [6.07, 6.45) is 1.37. The van der Waals surface area contributed by atoms with Crippen LogP contribution in [-0.2, 0) is 57.4 Å². The van der Waals surface area contributed by atoms with Crippen molar-refractivity contribution in [3.63, 3.8) is 0 Å². The molecule has 1 heterocycles. The van der Waals surface area contributed by atoms with Gasteiger partial charge in [0.2, 0.25) is 17.7 Å². The number of rotatable bonds is 18. The standard InChI is InChI=1S/C45H53Cl2N5O9/c1-8-20-59-41(56)37(51-39(54)34(52-43(58)61-45(5,6)7)23-28-18-19-31(46)32(47)21-28)25-38(53)49-35(24-29-26-48-33-17-13-12-16-30(29)33)40(55)50-36(42(57)60-44(2,3)4)22-27-14-10-9-11-15-27/h8-19,21,26,34-37,48H,1,20,22-25H2,2-7H3,(H,49,53)(H,50,55)(H,51,54)(H,52,58)/t34-,35-,36-,37-/m0/s1. The van der Waals surface area contributed by atoms with E-state index in [2.05, 4.69) is 32.8 Å². The molecule has 0 saturated carbocycles. The third kappa shape index (κ3) is 15.6. The highest BCUT2D eigenvalue weighted by molar-refractivity contribution is 6.42. The molecule has 326 valence electrons. The van der Waals surface area contributed by atoms with Crippen LogP contribution in [0.5, 0.6) is 0 Å². The fourth-order valence-corrected chi connectivity index (χ4v) is 6.45. The molecule has 1 aromatic heterocycles. The van der Waals surface area contributed by atoms with Gasteiger partial charge in [0, 0.05) is 36.4 Å². The van der Waals surface area contributed by atoms with Gasteiger partial charge in [-0.25, -0.2) is 14.4 Å². The van der Waals surface area contributed by atoms with Crippen LogP contribution < -0.4 is 21.3 Å². The van der Waals surface area contributed by atoms with Gasteiger partial charge < -0.3 is 40.5 Å². The molecule has 0 aliphatic rings. The number of fused-ring (bicyclic) bond motifs is 1. The van der Waals surface area contributed by atoms with Crippen LogP contribution in [0.4, 0.5) is 4.79 Å². The Morgan fingerprint density at radius 3 is 1.92 bits per heavy atom. The lowest BCUT2D eigenvalue weighted by Crippen LogP contribution is -2.56. The molecule has 4 rings (SSSR count). The van der Waals surface area contributed by atoms with E-state index in [-0.39, 0.29) is 35.9 Å². The quantitative estimate of drug-likeness (QED) is 0.0433. The van der Waals surface area contributed by atoms with Crippen LogP contribution in [0, 0.1) is 0 Å². The van der Waals surface area contributed by atoms with Crippen molar-refractivity contribution in [2.24, 2.45) is 0 Å². The third-order valence-corrected chi connectivity index (χ3v) is 9.55.